The van der Waals surface area contributed by atoms with Crippen LogP contribution in [0.4, 0.5) is 10.1 Å². The van der Waals surface area contributed by atoms with Gasteiger partial charge in [0.1, 0.15) is 5.82 Å². The van der Waals surface area contributed by atoms with E-state index in [1.165, 1.54) is 28.0 Å². The first-order valence-electron chi connectivity index (χ1n) is 11.2. The molecule has 0 unspecified atom stereocenters. The zero-order valence-electron chi connectivity index (χ0n) is 18.5. The number of aromatic hydroxyl groups is 1. The molecule has 0 spiro atoms. The molecule has 2 aromatic carbocycles. The van der Waals surface area contributed by atoms with Gasteiger partial charge in [-0.2, -0.15) is 9.50 Å². The Bertz CT molecular complexity index is 1460. The van der Waals surface area contributed by atoms with Gasteiger partial charge in [-0.25, -0.2) is 4.39 Å². The Hall–Kier alpha value is -3.40. The molecule has 1 atom stereocenters. The average molecular weight is 510 g/mol. The molecule has 1 aliphatic rings. The van der Waals surface area contributed by atoms with E-state index in [0.717, 1.165) is 37.4 Å². The lowest BCUT2D eigenvalue weighted by molar-refractivity contribution is 0.211. The molecule has 3 aromatic heterocycles. The van der Waals surface area contributed by atoms with Gasteiger partial charge in [-0.3, -0.25) is 4.90 Å². The molecule has 0 radical (unpaired) electrons. The second-order valence-corrected chi connectivity index (χ2v) is 9.80. The molecule has 178 valence electrons. The average Bonchev–Trinajstić information content (AvgIpc) is 3.60. The lowest BCUT2D eigenvalue weighted by atomic mass is 10.0. The van der Waals surface area contributed by atoms with Crippen LogP contribution in [0.1, 0.15) is 16.5 Å². The molecule has 6 rings (SSSR count). The molecule has 35 heavy (non-hydrogen) atoms. The normalized spacial score (nSPS) is 15.7. The number of benzene rings is 2. The fraction of sp³-hybridized carbons (Fsp3) is 0.200. The molecule has 0 saturated carbocycles. The van der Waals surface area contributed by atoms with E-state index in [9.17, 15) is 9.50 Å². The monoisotopic (exact) mass is 509 g/mol. The van der Waals surface area contributed by atoms with Gasteiger partial charge in [0, 0.05) is 36.9 Å². The first-order valence-corrected chi connectivity index (χ1v) is 12.4. The van der Waals surface area contributed by atoms with Crippen molar-refractivity contribution >= 4 is 33.6 Å². The van der Waals surface area contributed by atoms with Gasteiger partial charge < -0.3 is 14.4 Å². The Kier molecular flexibility index (Phi) is 5.68. The summed E-state index contributed by atoms with van der Waals surface area (Å²) >= 11 is 7.56. The lowest BCUT2D eigenvalue weighted by Gasteiger charge is -2.40. The van der Waals surface area contributed by atoms with Crippen molar-refractivity contribution in [2.75, 3.05) is 31.1 Å². The molecule has 0 bridgehead atoms. The summed E-state index contributed by atoms with van der Waals surface area (Å²) < 4.78 is 20.6. The number of fused-ring (bicyclic) bond motifs is 1. The van der Waals surface area contributed by atoms with E-state index in [0.29, 0.717) is 26.4 Å². The van der Waals surface area contributed by atoms with Crippen molar-refractivity contribution in [2.24, 2.45) is 0 Å². The standard InChI is InChI=1S/C25H21ClFN5O2S/c26-17-3-1-4-19(15-17)30-10-12-31(13-11-30)21(16-6-8-18(27)9-7-16)22-24(33)32-25(35-22)28-23(29-32)20-5-2-14-34-20/h1-9,14-15,21,33H,10-13H2/t21-/m0/s1. The Morgan fingerprint density at radius 2 is 1.83 bits per heavy atom. The molecule has 10 heteroatoms. The van der Waals surface area contributed by atoms with Gasteiger partial charge >= 0.3 is 0 Å². The maximum Gasteiger partial charge on any atom is 0.230 e. The minimum Gasteiger partial charge on any atom is -0.492 e. The van der Waals surface area contributed by atoms with Crippen LogP contribution in [-0.2, 0) is 0 Å². The number of nitrogens with zero attached hydrogens (tertiary/aromatic N) is 5. The van der Waals surface area contributed by atoms with Gasteiger partial charge in [-0.05, 0) is 48.0 Å². The SMILES string of the molecule is Oc1c([C@H](c2ccc(F)cc2)N2CCN(c3cccc(Cl)c3)CC2)sc2nc(-c3ccco3)nn12. The lowest BCUT2D eigenvalue weighted by Crippen LogP contribution is -2.47. The minimum absolute atomic E-state index is 0.0295. The molecule has 1 aliphatic heterocycles. The van der Waals surface area contributed by atoms with Crippen molar-refractivity contribution in [3.05, 3.63) is 88.2 Å². The molecule has 5 aromatic rings. The van der Waals surface area contributed by atoms with Crippen LogP contribution in [0.25, 0.3) is 16.5 Å². The predicted molar refractivity (Wildman–Crippen MR) is 134 cm³/mol. The van der Waals surface area contributed by atoms with Crippen molar-refractivity contribution in [3.63, 3.8) is 0 Å². The molecule has 1 saturated heterocycles. The topological polar surface area (TPSA) is 70.0 Å². The number of anilines is 1. The first kappa shape index (κ1) is 22.1. The van der Waals surface area contributed by atoms with Crippen LogP contribution in [0.3, 0.4) is 0 Å². The van der Waals surface area contributed by atoms with E-state index in [1.54, 1.807) is 30.5 Å². The van der Waals surface area contributed by atoms with Crippen molar-refractivity contribution in [3.8, 4) is 17.5 Å². The van der Waals surface area contributed by atoms with Gasteiger partial charge in [-0.15, -0.1) is 5.10 Å². The number of furan rings is 1. The molecule has 1 N–H and O–H groups in total. The van der Waals surface area contributed by atoms with E-state index in [-0.39, 0.29) is 17.7 Å². The van der Waals surface area contributed by atoms with Gasteiger partial charge in [0.25, 0.3) is 0 Å². The second-order valence-electron chi connectivity index (χ2n) is 8.35. The number of piperazine rings is 1. The van der Waals surface area contributed by atoms with Crippen LogP contribution in [0.5, 0.6) is 5.88 Å². The number of thiazole rings is 1. The molecule has 0 amide bonds. The van der Waals surface area contributed by atoms with Crippen molar-refractivity contribution in [1.82, 2.24) is 19.5 Å². The highest BCUT2D eigenvalue weighted by Gasteiger charge is 2.32. The Labute approximate surface area is 209 Å². The third kappa shape index (κ3) is 4.16. The maximum atomic E-state index is 13.7. The van der Waals surface area contributed by atoms with Gasteiger partial charge in [0.05, 0.1) is 17.2 Å². The maximum absolute atomic E-state index is 13.7. The third-order valence-electron chi connectivity index (χ3n) is 6.23. The number of halogens is 2. The number of aromatic nitrogens is 3. The van der Waals surface area contributed by atoms with Crippen LogP contribution in [0.15, 0.2) is 71.3 Å². The van der Waals surface area contributed by atoms with E-state index in [2.05, 4.69) is 25.9 Å². The fourth-order valence-corrected chi connectivity index (χ4v) is 5.82. The van der Waals surface area contributed by atoms with Crippen LogP contribution in [-0.4, -0.2) is 50.8 Å². The van der Waals surface area contributed by atoms with Crippen molar-refractivity contribution < 1.29 is 13.9 Å². The summed E-state index contributed by atoms with van der Waals surface area (Å²) in [5.41, 5.74) is 1.98. The predicted octanol–water partition coefficient (Wildman–Crippen LogP) is 5.46. The molecular weight excluding hydrogens is 489 g/mol. The summed E-state index contributed by atoms with van der Waals surface area (Å²) in [4.78, 5) is 10.4. The van der Waals surface area contributed by atoms with E-state index >= 15 is 0 Å². The zero-order chi connectivity index (χ0) is 23.9. The minimum atomic E-state index is -0.298. The smallest absolute Gasteiger partial charge is 0.230 e. The number of rotatable bonds is 5. The number of hydrogen-bond donors (Lipinski definition) is 1. The van der Waals surface area contributed by atoms with E-state index < -0.39 is 0 Å². The molecule has 1 fully saturated rings. The summed E-state index contributed by atoms with van der Waals surface area (Å²) in [5, 5.41) is 16.3. The zero-order valence-corrected chi connectivity index (χ0v) is 20.1. The van der Waals surface area contributed by atoms with E-state index in [4.69, 9.17) is 16.0 Å². The highest BCUT2D eigenvalue weighted by molar-refractivity contribution is 7.17. The fourth-order valence-electron chi connectivity index (χ4n) is 4.52. The Morgan fingerprint density at radius 3 is 2.51 bits per heavy atom. The first-order chi connectivity index (χ1) is 17.1. The third-order valence-corrected chi connectivity index (χ3v) is 7.54. The quantitative estimate of drug-likeness (QED) is 0.339. The van der Waals surface area contributed by atoms with E-state index in [1.807, 2.05) is 18.2 Å². The highest BCUT2D eigenvalue weighted by Crippen LogP contribution is 2.41. The summed E-state index contributed by atoms with van der Waals surface area (Å²) in [7, 11) is 0. The largest absolute Gasteiger partial charge is 0.492 e. The van der Waals surface area contributed by atoms with Crippen molar-refractivity contribution in [2.45, 2.75) is 6.04 Å². The second kappa shape index (κ2) is 8.99. The van der Waals surface area contributed by atoms with Crippen LogP contribution < -0.4 is 4.90 Å². The van der Waals surface area contributed by atoms with Crippen LogP contribution >= 0.6 is 22.9 Å². The highest BCUT2D eigenvalue weighted by atomic mass is 35.5. The number of hydrogen-bond acceptors (Lipinski definition) is 7. The molecule has 0 aliphatic carbocycles. The Balaban J connectivity index is 1.33. The van der Waals surface area contributed by atoms with Crippen LogP contribution in [0, 0.1) is 5.82 Å². The van der Waals surface area contributed by atoms with Gasteiger partial charge in [0.2, 0.25) is 16.7 Å². The Morgan fingerprint density at radius 1 is 1.03 bits per heavy atom. The van der Waals surface area contributed by atoms with Gasteiger partial charge in [-0.1, -0.05) is 41.1 Å². The molecule has 7 nitrogen and oxygen atoms in total. The summed E-state index contributed by atoms with van der Waals surface area (Å²) in [6, 6.07) is 17.6. The summed E-state index contributed by atoms with van der Waals surface area (Å²) in [6.07, 6.45) is 1.56. The molecular formula is C25H21ClFN5O2S. The molecule has 4 heterocycles. The summed E-state index contributed by atoms with van der Waals surface area (Å²) in [5.74, 6) is 0.681. The van der Waals surface area contributed by atoms with Crippen molar-refractivity contribution in [1.29, 1.82) is 0 Å². The van der Waals surface area contributed by atoms with Gasteiger partial charge in [0.15, 0.2) is 5.76 Å². The van der Waals surface area contributed by atoms with Crippen LogP contribution in [0.2, 0.25) is 5.02 Å². The summed E-state index contributed by atoms with van der Waals surface area (Å²) in [6.45, 7) is 3.09.